The molecule has 1 rings (SSSR count). The molecule has 3 heteroatoms. The summed E-state index contributed by atoms with van der Waals surface area (Å²) in [6.07, 6.45) is 3.02. The summed E-state index contributed by atoms with van der Waals surface area (Å²) in [5.41, 5.74) is 1.32. The molecule has 0 radical (unpaired) electrons. The molecule has 1 aromatic rings. The second-order valence-corrected chi connectivity index (χ2v) is 4.26. The average Bonchev–Trinajstić information content (AvgIpc) is 2.30. The van der Waals surface area contributed by atoms with Crippen LogP contribution in [0, 0.1) is 0 Å². The lowest BCUT2D eigenvalue weighted by Crippen LogP contribution is -2.31. The summed E-state index contributed by atoms with van der Waals surface area (Å²) in [6, 6.07) is 10.3. The van der Waals surface area contributed by atoms with E-state index in [1.807, 2.05) is 23.1 Å². The second kappa shape index (κ2) is 7.85. The molecule has 0 atom stereocenters. The molecule has 0 aromatic heterocycles. The van der Waals surface area contributed by atoms with Crippen molar-refractivity contribution in [2.45, 2.75) is 26.2 Å². The quantitative estimate of drug-likeness (QED) is 0.752. The molecule has 0 fully saturated rings. The third-order valence-electron chi connectivity index (χ3n) is 2.68. The first-order valence-electron chi connectivity index (χ1n) is 6.20. The highest BCUT2D eigenvalue weighted by Gasteiger charge is 2.07. The summed E-state index contributed by atoms with van der Waals surface area (Å²) in [7, 11) is 0. The van der Waals surface area contributed by atoms with Gasteiger partial charge in [-0.15, -0.1) is 0 Å². The largest absolute Gasteiger partial charge is 0.480 e. The SMILES string of the molecule is CCCN(CCCc1ccccc1)CC(=O)O. The van der Waals surface area contributed by atoms with E-state index in [4.69, 9.17) is 5.11 Å². The predicted octanol–water partition coefficient (Wildman–Crippen LogP) is 2.42. The van der Waals surface area contributed by atoms with Gasteiger partial charge in [-0.25, -0.2) is 0 Å². The van der Waals surface area contributed by atoms with Crippen molar-refractivity contribution >= 4 is 5.97 Å². The Kier molecular flexibility index (Phi) is 6.33. The topological polar surface area (TPSA) is 40.5 Å². The van der Waals surface area contributed by atoms with Crippen LogP contribution in [-0.4, -0.2) is 35.6 Å². The molecular weight excluding hydrogens is 214 g/mol. The van der Waals surface area contributed by atoms with Crippen LogP contribution in [0.4, 0.5) is 0 Å². The zero-order valence-corrected chi connectivity index (χ0v) is 10.4. The highest BCUT2D eigenvalue weighted by atomic mass is 16.4. The highest BCUT2D eigenvalue weighted by Crippen LogP contribution is 2.04. The van der Waals surface area contributed by atoms with E-state index in [1.54, 1.807) is 0 Å². The first-order valence-corrected chi connectivity index (χ1v) is 6.20. The number of benzene rings is 1. The van der Waals surface area contributed by atoms with Crippen molar-refractivity contribution < 1.29 is 9.90 Å². The van der Waals surface area contributed by atoms with Crippen LogP contribution < -0.4 is 0 Å². The number of carboxylic acid groups (broad SMARTS) is 1. The highest BCUT2D eigenvalue weighted by molar-refractivity contribution is 5.69. The number of hydrogen-bond acceptors (Lipinski definition) is 2. The van der Waals surface area contributed by atoms with E-state index < -0.39 is 5.97 Å². The van der Waals surface area contributed by atoms with Gasteiger partial charge in [-0.2, -0.15) is 0 Å². The summed E-state index contributed by atoms with van der Waals surface area (Å²) in [4.78, 5) is 12.7. The van der Waals surface area contributed by atoms with Crippen LogP contribution in [0.5, 0.6) is 0 Å². The maximum absolute atomic E-state index is 10.7. The molecule has 1 aromatic carbocycles. The number of aryl methyl sites for hydroxylation is 1. The average molecular weight is 235 g/mol. The zero-order chi connectivity index (χ0) is 12.5. The minimum Gasteiger partial charge on any atom is -0.480 e. The zero-order valence-electron chi connectivity index (χ0n) is 10.4. The Morgan fingerprint density at radius 1 is 1.24 bits per heavy atom. The number of carbonyl (C=O) groups is 1. The Labute approximate surface area is 103 Å². The first kappa shape index (κ1) is 13.7. The van der Waals surface area contributed by atoms with Crippen molar-refractivity contribution in [3.05, 3.63) is 35.9 Å². The molecule has 0 saturated carbocycles. The number of carboxylic acids is 1. The lowest BCUT2D eigenvalue weighted by atomic mass is 10.1. The molecule has 17 heavy (non-hydrogen) atoms. The molecule has 0 amide bonds. The van der Waals surface area contributed by atoms with Gasteiger partial charge in [-0.3, -0.25) is 9.69 Å². The van der Waals surface area contributed by atoms with Crippen molar-refractivity contribution in [1.82, 2.24) is 4.90 Å². The fourth-order valence-electron chi connectivity index (χ4n) is 1.93. The minimum atomic E-state index is -0.738. The normalized spacial score (nSPS) is 10.7. The van der Waals surface area contributed by atoms with Crippen LogP contribution in [-0.2, 0) is 11.2 Å². The van der Waals surface area contributed by atoms with Crippen LogP contribution in [0.15, 0.2) is 30.3 Å². The third-order valence-corrected chi connectivity index (χ3v) is 2.68. The summed E-state index contributed by atoms with van der Waals surface area (Å²) < 4.78 is 0. The number of hydrogen-bond donors (Lipinski definition) is 1. The van der Waals surface area contributed by atoms with Crippen molar-refractivity contribution in [3.8, 4) is 0 Å². The van der Waals surface area contributed by atoms with Crippen molar-refractivity contribution in [3.63, 3.8) is 0 Å². The maximum atomic E-state index is 10.7. The van der Waals surface area contributed by atoms with Crippen LogP contribution >= 0.6 is 0 Å². The molecule has 0 bridgehead atoms. The van der Waals surface area contributed by atoms with E-state index in [0.29, 0.717) is 0 Å². The van der Waals surface area contributed by atoms with Crippen molar-refractivity contribution in [2.24, 2.45) is 0 Å². The van der Waals surface area contributed by atoms with Gasteiger partial charge in [-0.1, -0.05) is 37.3 Å². The molecule has 0 heterocycles. The molecule has 0 spiro atoms. The van der Waals surface area contributed by atoms with Gasteiger partial charge < -0.3 is 5.11 Å². The molecule has 0 unspecified atom stereocenters. The fourth-order valence-corrected chi connectivity index (χ4v) is 1.93. The molecule has 0 aliphatic rings. The lowest BCUT2D eigenvalue weighted by molar-refractivity contribution is -0.138. The maximum Gasteiger partial charge on any atom is 0.317 e. The summed E-state index contributed by atoms with van der Waals surface area (Å²) >= 11 is 0. The van der Waals surface area contributed by atoms with Crippen LogP contribution in [0.1, 0.15) is 25.3 Å². The van der Waals surface area contributed by atoms with Gasteiger partial charge in [0, 0.05) is 0 Å². The Bertz CT molecular complexity index is 324. The molecule has 1 N–H and O–H groups in total. The standard InChI is InChI=1S/C14H21NO2/c1-2-10-15(12-14(16)17)11-6-9-13-7-4-3-5-8-13/h3-5,7-8H,2,6,9-12H2,1H3,(H,16,17). The van der Waals surface area contributed by atoms with Gasteiger partial charge in [0.15, 0.2) is 0 Å². The van der Waals surface area contributed by atoms with Gasteiger partial charge in [-0.05, 0) is 37.9 Å². The monoisotopic (exact) mass is 235 g/mol. The summed E-state index contributed by atoms with van der Waals surface area (Å²) in [5.74, 6) is -0.738. The van der Waals surface area contributed by atoms with Gasteiger partial charge in [0.1, 0.15) is 0 Å². The van der Waals surface area contributed by atoms with Gasteiger partial charge in [0.25, 0.3) is 0 Å². The van der Waals surface area contributed by atoms with Crippen LogP contribution in [0.3, 0.4) is 0 Å². The Hall–Kier alpha value is -1.35. The Morgan fingerprint density at radius 3 is 2.53 bits per heavy atom. The second-order valence-electron chi connectivity index (χ2n) is 4.26. The minimum absolute atomic E-state index is 0.155. The van der Waals surface area contributed by atoms with Crippen molar-refractivity contribution in [1.29, 1.82) is 0 Å². The number of aliphatic carboxylic acids is 1. The molecular formula is C14H21NO2. The van der Waals surface area contributed by atoms with E-state index in [2.05, 4.69) is 19.1 Å². The number of nitrogens with zero attached hydrogens (tertiary/aromatic N) is 1. The molecule has 0 aliphatic heterocycles. The summed E-state index contributed by atoms with van der Waals surface area (Å²) in [6.45, 7) is 3.95. The van der Waals surface area contributed by atoms with Crippen LogP contribution in [0.25, 0.3) is 0 Å². The molecule has 0 aliphatic carbocycles. The molecule has 94 valence electrons. The van der Waals surface area contributed by atoms with E-state index in [9.17, 15) is 4.79 Å². The van der Waals surface area contributed by atoms with Crippen LogP contribution in [0.2, 0.25) is 0 Å². The van der Waals surface area contributed by atoms with E-state index in [-0.39, 0.29) is 6.54 Å². The first-order chi connectivity index (χ1) is 8.22. The van der Waals surface area contributed by atoms with Gasteiger partial charge in [0.2, 0.25) is 0 Å². The van der Waals surface area contributed by atoms with Crippen molar-refractivity contribution in [2.75, 3.05) is 19.6 Å². The van der Waals surface area contributed by atoms with Gasteiger partial charge >= 0.3 is 5.97 Å². The lowest BCUT2D eigenvalue weighted by Gasteiger charge is -2.19. The Balaban J connectivity index is 2.29. The van der Waals surface area contributed by atoms with Gasteiger partial charge in [0.05, 0.1) is 6.54 Å². The van der Waals surface area contributed by atoms with E-state index in [0.717, 1.165) is 32.4 Å². The molecule has 0 saturated heterocycles. The predicted molar refractivity (Wildman–Crippen MR) is 69.1 cm³/mol. The fraction of sp³-hybridized carbons (Fsp3) is 0.500. The smallest absolute Gasteiger partial charge is 0.317 e. The van der Waals surface area contributed by atoms with E-state index >= 15 is 0 Å². The molecule has 3 nitrogen and oxygen atoms in total. The third kappa shape index (κ3) is 6.07. The number of rotatable bonds is 8. The van der Waals surface area contributed by atoms with E-state index in [1.165, 1.54) is 5.56 Å². The Morgan fingerprint density at radius 2 is 1.94 bits per heavy atom. The summed E-state index contributed by atoms with van der Waals surface area (Å²) in [5, 5.41) is 8.79.